The van der Waals surface area contributed by atoms with Gasteiger partial charge in [-0.05, 0) is 29.8 Å². The maximum absolute atomic E-state index is 5.37. The fraction of sp³-hybridized carbons (Fsp3) is 0.176. The Balaban J connectivity index is 0.00000161. The summed E-state index contributed by atoms with van der Waals surface area (Å²) in [7, 11) is 0. The van der Waals surface area contributed by atoms with Crippen molar-refractivity contribution in [2.75, 3.05) is 13.3 Å². The van der Waals surface area contributed by atoms with Crippen LogP contribution in [-0.2, 0) is 6.54 Å². The van der Waals surface area contributed by atoms with Gasteiger partial charge in [-0.15, -0.1) is 0 Å². The van der Waals surface area contributed by atoms with Crippen LogP contribution in [0.25, 0.3) is 6.08 Å². The number of quaternary nitrogens is 1. The predicted octanol–water partition coefficient (Wildman–Crippen LogP) is -0.804. The number of hydrogen-bond acceptors (Lipinski definition) is 2. The van der Waals surface area contributed by atoms with Gasteiger partial charge in [0, 0.05) is 5.56 Å². The van der Waals surface area contributed by atoms with Crippen molar-refractivity contribution in [2.24, 2.45) is 0 Å². The SMILES string of the molecule is C(=C\c1ccccc1)/C[NH2+]Cc1ccc2c(c1)OCO2.[Cl-]. The Labute approximate surface area is 131 Å². The molecule has 0 aliphatic carbocycles. The molecule has 0 saturated heterocycles. The van der Waals surface area contributed by atoms with Crippen molar-refractivity contribution in [2.45, 2.75) is 6.54 Å². The topological polar surface area (TPSA) is 35.1 Å². The number of nitrogens with two attached hydrogens (primary N) is 1. The Morgan fingerprint density at radius 2 is 1.81 bits per heavy atom. The molecule has 3 rings (SSSR count). The minimum atomic E-state index is 0. The second kappa shape index (κ2) is 7.72. The predicted molar refractivity (Wildman–Crippen MR) is 78.5 cm³/mol. The van der Waals surface area contributed by atoms with Gasteiger partial charge in [0.1, 0.15) is 6.54 Å². The summed E-state index contributed by atoms with van der Waals surface area (Å²) >= 11 is 0. The van der Waals surface area contributed by atoms with Gasteiger partial charge in [0.05, 0.1) is 6.54 Å². The summed E-state index contributed by atoms with van der Waals surface area (Å²) in [6, 6.07) is 16.5. The molecular weight excluding hydrogens is 286 g/mol. The average Bonchev–Trinajstić information content (AvgIpc) is 2.95. The van der Waals surface area contributed by atoms with Gasteiger partial charge in [0.25, 0.3) is 0 Å². The zero-order valence-corrected chi connectivity index (χ0v) is 12.4. The Hall–Kier alpha value is -1.97. The molecule has 2 aromatic rings. The van der Waals surface area contributed by atoms with Crippen molar-refractivity contribution in [3.63, 3.8) is 0 Å². The Morgan fingerprint density at radius 3 is 2.67 bits per heavy atom. The van der Waals surface area contributed by atoms with Gasteiger partial charge in [0.2, 0.25) is 6.79 Å². The molecule has 1 heterocycles. The highest BCUT2D eigenvalue weighted by molar-refractivity contribution is 5.48. The third kappa shape index (κ3) is 4.25. The van der Waals surface area contributed by atoms with Crippen molar-refractivity contribution in [1.82, 2.24) is 0 Å². The lowest BCUT2D eigenvalue weighted by molar-refractivity contribution is -0.661. The van der Waals surface area contributed by atoms with Crippen molar-refractivity contribution in [3.8, 4) is 11.5 Å². The van der Waals surface area contributed by atoms with E-state index in [-0.39, 0.29) is 12.4 Å². The van der Waals surface area contributed by atoms with Crippen LogP contribution in [0.15, 0.2) is 54.6 Å². The van der Waals surface area contributed by atoms with Gasteiger partial charge in [-0.2, -0.15) is 0 Å². The summed E-state index contributed by atoms with van der Waals surface area (Å²) in [5, 5.41) is 2.26. The normalized spacial score (nSPS) is 12.4. The number of fused-ring (bicyclic) bond motifs is 1. The van der Waals surface area contributed by atoms with Crippen LogP contribution in [-0.4, -0.2) is 13.3 Å². The molecule has 0 saturated carbocycles. The molecule has 3 nitrogen and oxygen atoms in total. The highest BCUT2D eigenvalue weighted by Gasteiger charge is 2.13. The fourth-order valence-electron chi connectivity index (χ4n) is 2.18. The van der Waals surface area contributed by atoms with Gasteiger partial charge in [-0.25, -0.2) is 0 Å². The van der Waals surface area contributed by atoms with E-state index in [1.54, 1.807) is 0 Å². The number of hydrogen-bond donors (Lipinski definition) is 1. The van der Waals surface area contributed by atoms with Gasteiger partial charge >= 0.3 is 0 Å². The van der Waals surface area contributed by atoms with Crippen LogP contribution in [0.4, 0.5) is 0 Å². The summed E-state index contributed by atoms with van der Waals surface area (Å²) in [4.78, 5) is 0. The second-order valence-electron chi connectivity index (χ2n) is 4.73. The van der Waals surface area contributed by atoms with E-state index in [1.807, 2.05) is 12.1 Å². The summed E-state index contributed by atoms with van der Waals surface area (Å²) in [6.07, 6.45) is 4.33. The molecule has 0 aromatic heterocycles. The van der Waals surface area contributed by atoms with E-state index in [1.165, 1.54) is 11.1 Å². The molecule has 0 fully saturated rings. The van der Waals surface area contributed by atoms with Gasteiger partial charge in [-0.1, -0.05) is 36.4 Å². The van der Waals surface area contributed by atoms with Crippen molar-refractivity contribution in [1.29, 1.82) is 0 Å². The third-order valence-corrected chi connectivity index (χ3v) is 3.23. The molecule has 2 aromatic carbocycles. The van der Waals surface area contributed by atoms with E-state index in [9.17, 15) is 0 Å². The monoisotopic (exact) mass is 303 g/mol. The Morgan fingerprint density at radius 1 is 1.00 bits per heavy atom. The van der Waals surface area contributed by atoms with Crippen LogP contribution >= 0.6 is 0 Å². The quantitative estimate of drug-likeness (QED) is 0.734. The number of rotatable bonds is 5. The van der Waals surface area contributed by atoms with E-state index < -0.39 is 0 Å². The van der Waals surface area contributed by atoms with Crippen LogP contribution in [0, 0.1) is 0 Å². The zero-order chi connectivity index (χ0) is 13.6. The average molecular weight is 304 g/mol. The summed E-state index contributed by atoms with van der Waals surface area (Å²) in [6.45, 7) is 2.24. The lowest BCUT2D eigenvalue weighted by Crippen LogP contribution is -3.00. The Kier molecular flexibility index (Phi) is 5.67. The molecular formula is C17H18ClNO2. The van der Waals surface area contributed by atoms with Crippen LogP contribution in [0.3, 0.4) is 0 Å². The molecule has 1 aliphatic heterocycles. The molecule has 110 valence electrons. The smallest absolute Gasteiger partial charge is 0.231 e. The van der Waals surface area contributed by atoms with E-state index in [0.717, 1.165) is 24.6 Å². The van der Waals surface area contributed by atoms with Gasteiger partial charge in [0.15, 0.2) is 11.5 Å². The van der Waals surface area contributed by atoms with Crippen LogP contribution in [0.1, 0.15) is 11.1 Å². The largest absolute Gasteiger partial charge is 1.00 e. The van der Waals surface area contributed by atoms with Crippen LogP contribution < -0.4 is 27.2 Å². The molecule has 0 unspecified atom stereocenters. The molecule has 0 spiro atoms. The molecule has 0 atom stereocenters. The lowest BCUT2D eigenvalue weighted by atomic mass is 10.2. The molecule has 21 heavy (non-hydrogen) atoms. The fourth-order valence-corrected chi connectivity index (χ4v) is 2.18. The maximum atomic E-state index is 5.37. The minimum absolute atomic E-state index is 0. The second-order valence-corrected chi connectivity index (χ2v) is 4.73. The lowest BCUT2D eigenvalue weighted by Gasteiger charge is -2.01. The molecule has 2 N–H and O–H groups in total. The minimum Gasteiger partial charge on any atom is -1.00 e. The summed E-state index contributed by atoms with van der Waals surface area (Å²) in [5.74, 6) is 1.70. The molecule has 1 aliphatic rings. The Bertz CT molecular complexity index is 599. The highest BCUT2D eigenvalue weighted by atomic mass is 35.5. The first kappa shape index (κ1) is 15.4. The zero-order valence-electron chi connectivity index (χ0n) is 11.7. The van der Waals surface area contributed by atoms with Gasteiger partial charge in [-0.3, -0.25) is 0 Å². The first-order valence-electron chi connectivity index (χ1n) is 6.83. The number of halogens is 1. The van der Waals surface area contributed by atoms with E-state index in [4.69, 9.17) is 9.47 Å². The standard InChI is InChI=1S/C17H17NO2.ClH/c1-2-5-14(6-3-1)7-4-10-18-12-15-8-9-16-17(11-15)20-13-19-16;/h1-9,11,18H,10,12-13H2;1H/b7-4+;. The third-order valence-electron chi connectivity index (χ3n) is 3.23. The first-order valence-corrected chi connectivity index (χ1v) is 6.83. The van der Waals surface area contributed by atoms with Gasteiger partial charge < -0.3 is 27.2 Å². The highest BCUT2D eigenvalue weighted by Crippen LogP contribution is 2.32. The van der Waals surface area contributed by atoms with Crippen molar-refractivity contribution >= 4 is 6.08 Å². The van der Waals surface area contributed by atoms with Crippen LogP contribution in [0.2, 0.25) is 0 Å². The van der Waals surface area contributed by atoms with E-state index in [2.05, 4.69) is 53.9 Å². The van der Waals surface area contributed by atoms with E-state index in [0.29, 0.717) is 6.79 Å². The van der Waals surface area contributed by atoms with Crippen molar-refractivity contribution < 1.29 is 27.2 Å². The molecule has 0 amide bonds. The molecule has 4 heteroatoms. The molecule has 0 radical (unpaired) electrons. The van der Waals surface area contributed by atoms with Crippen LogP contribution in [0.5, 0.6) is 11.5 Å². The summed E-state index contributed by atoms with van der Waals surface area (Å²) in [5.41, 5.74) is 2.49. The molecule has 0 bridgehead atoms. The number of benzene rings is 2. The summed E-state index contributed by atoms with van der Waals surface area (Å²) < 4.78 is 10.7. The number of ether oxygens (including phenoxy) is 2. The van der Waals surface area contributed by atoms with Crippen molar-refractivity contribution in [3.05, 3.63) is 65.7 Å². The first-order chi connectivity index (χ1) is 9.92. The van der Waals surface area contributed by atoms with E-state index >= 15 is 0 Å². The maximum Gasteiger partial charge on any atom is 0.231 e.